The highest BCUT2D eigenvalue weighted by atomic mass is 32.2. The third kappa shape index (κ3) is 3.33. The summed E-state index contributed by atoms with van der Waals surface area (Å²) in [6, 6.07) is 6.96. The quantitative estimate of drug-likeness (QED) is 0.822. The zero-order chi connectivity index (χ0) is 17.8. The number of hydrogen-bond acceptors (Lipinski definition) is 3. The van der Waals surface area contributed by atoms with Crippen LogP contribution in [0.25, 0.3) is 0 Å². The van der Waals surface area contributed by atoms with Crippen LogP contribution in [0.5, 0.6) is 5.75 Å². The van der Waals surface area contributed by atoms with Gasteiger partial charge in [-0.15, -0.1) is 0 Å². The molecule has 0 radical (unpaired) electrons. The first-order valence-corrected chi connectivity index (χ1v) is 10.2. The maximum absolute atomic E-state index is 13.1. The lowest BCUT2D eigenvalue weighted by atomic mass is 9.65. The van der Waals surface area contributed by atoms with Gasteiger partial charge in [0.15, 0.2) is 0 Å². The van der Waals surface area contributed by atoms with Crippen molar-refractivity contribution in [2.45, 2.75) is 70.9 Å². The van der Waals surface area contributed by atoms with Crippen LogP contribution in [-0.4, -0.2) is 31.4 Å². The van der Waals surface area contributed by atoms with Gasteiger partial charge in [-0.2, -0.15) is 4.31 Å². The van der Waals surface area contributed by atoms with Crippen LogP contribution in [0.1, 0.15) is 53.9 Å². The molecule has 2 aliphatic rings. The predicted molar refractivity (Wildman–Crippen MR) is 95.6 cm³/mol. The first-order valence-electron chi connectivity index (χ1n) is 8.79. The fourth-order valence-electron chi connectivity index (χ4n) is 4.79. The summed E-state index contributed by atoms with van der Waals surface area (Å²) in [5.74, 6) is 0.706. The van der Waals surface area contributed by atoms with Gasteiger partial charge in [0.2, 0.25) is 10.0 Å². The molecule has 1 saturated carbocycles. The number of benzene rings is 1. The highest BCUT2D eigenvalue weighted by molar-refractivity contribution is 7.89. The normalized spacial score (nSPS) is 29.8. The Hall–Kier alpha value is -1.07. The SMILES string of the molecule is CC(C)Oc1ccc(S(=O)(=O)N2CC3(C)CC2CC(C)(C)C3)cc1. The zero-order valence-electron chi connectivity index (χ0n) is 15.4. The Morgan fingerprint density at radius 2 is 1.75 bits per heavy atom. The Morgan fingerprint density at radius 1 is 1.12 bits per heavy atom. The summed E-state index contributed by atoms with van der Waals surface area (Å²) in [4.78, 5) is 0.368. The Morgan fingerprint density at radius 3 is 2.33 bits per heavy atom. The van der Waals surface area contributed by atoms with Crippen molar-refractivity contribution in [3.8, 4) is 5.75 Å². The van der Waals surface area contributed by atoms with Crippen LogP contribution in [0.15, 0.2) is 29.2 Å². The smallest absolute Gasteiger partial charge is 0.243 e. The lowest BCUT2D eigenvalue weighted by Gasteiger charge is -2.39. The van der Waals surface area contributed by atoms with E-state index >= 15 is 0 Å². The average Bonchev–Trinajstić information content (AvgIpc) is 2.68. The summed E-state index contributed by atoms with van der Waals surface area (Å²) < 4.78 is 33.7. The minimum absolute atomic E-state index is 0.0764. The van der Waals surface area contributed by atoms with Crippen molar-refractivity contribution < 1.29 is 13.2 Å². The summed E-state index contributed by atoms with van der Waals surface area (Å²) in [6.45, 7) is 11.3. The Labute approximate surface area is 146 Å². The second-order valence-electron chi connectivity index (χ2n) is 8.90. The molecule has 4 nitrogen and oxygen atoms in total. The van der Waals surface area contributed by atoms with Gasteiger partial charge in [-0.1, -0.05) is 20.8 Å². The molecule has 24 heavy (non-hydrogen) atoms. The number of rotatable bonds is 4. The number of sulfonamides is 1. The van der Waals surface area contributed by atoms with Gasteiger partial charge in [0.1, 0.15) is 5.75 Å². The van der Waals surface area contributed by atoms with E-state index in [0.29, 0.717) is 17.2 Å². The monoisotopic (exact) mass is 351 g/mol. The largest absolute Gasteiger partial charge is 0.491 e. The van der Waals surface area contributed by atoms with Gasteiger partial charge in [-0.3, -0.25) is 0 Å². The fraction of sp³-hybridized carbons (Fsp3) is 0.684. The van der Waals surface area contributed by atoms with Gasteiger partial charge in [0.05, 0.1) is 11.0 Å². The lowest BCUT2D eigenvalue weighted by molar-refractivity contribution is 0.133. The van der Waals surface area contributed by atoms with Gasteiger partial charge in [0, 0.05) is 12.6 Å². The van der Waals surface area contributed by atoms with Gasteiger partial charge in [-0.05, 0) is 68.2 Å². The van der Waals surface area contributed by atoms with Gasteiger partial charge >= 0.3 is 0 Å². The van der Waals surface area contributed by atoms with E-state index < -0.39 is 10.0 Å². The van der Waals surface area contributed by atoms with E-state index in [4.69, 9.17) is 4.74 Å². The molecule has 0 amide bonds. The van der Waals surface area contributed by atoms with Crippen LogP contribution in [-0.2, 0) is 10.0 Å². The highest BCUT2D eigenvalue weighted by Gasteiger charge is 2.53. The highest BCUT2D eigenvalue weighted by Crippen LogP contribution is 2.53. The molecule has 1 aromatic carbocycles. The third-order valence-electron chi connectivity index (χ3n) is 5.17. The standard InChI is InChI=1S/C19H29NO3S/c1-14(2)23-16-6-8-17(9-7-16)24(21,22)20-13-19(5)11-15(20)10-18(3,4)12-19/h6-9,14-15H,10-13H2,1-5H3. The first kappa shape index (κ1) is 17.7. The van der Waals surface area contributed by atoms with Crippen LogP contribution in [0.2, 0.25) is 0 Å². The molecule has 2 bridgehead atoms. The molecule has 1 aliphatic heterocycles. The van der Waals surface area contributed by atoms with Gasteiger partial charge < -0.3 is 4.74 Å². The number of ether oxygens (including phenoxy) is 1. The molecular formula is C19H29NO3S. The third-order valence-corrected chi connectivity index (χ3v) is 7.08. The molecule has 0 N–H and O–H groups in total. The maximum atomic E-state index is 13.1. The lowest BCUT2D eigenvalue weighted by Crippen LogP contribution is -2.37. The first-order chi connectivity index (χ1) is 11.0. The van der Waals surface area contributed by atoms with Crippen LogP contribution < -0.4 is 4.74 Å². The molecule has 0 aromatic heterocycles. The number of nitrogens with zero attached hydrogens (tertiary/aromatic N) is 1. The zero-order valence-corrected chi connectivity index (χ0v) is 16.2. The molecule has 1 saturated heterocycles. The van der Waals surface area contributed by atoms with Crippen LogP contribution in [0.4, 0.5) is 0 Å². The van der Waals surface area contributed by atoms with E-state index in [-0.39, 0.29) is 23.0 Å². The molecule has 134 valence electrons. The van der Waals surface area contributed by atoms with E-state index in [1.54, 1.807) is 28.6 Å². The van der Waals surface area contributed by atoms with Crippen molar-refractivity contribution in [2.75, 3.05) is 6.54 Å². The summed E-state index contributed by atoms with van der Waals surface area (Å²) in [7, 11) is -3.45. The molecular weight excluding hydrogens is 322 g/mol. The fourth-order valence-corrected chi connectivity index (χ4v) is 6.56. The topological polar surface area (TPSA) is 46.6 Å². The molecule has 3 rings (SSSR count). The Balaban J connectivity index is 1.86. The minimum atomic E-state index is -3.45. The Kier molecular flexibility index (Phi) is 4.24. The van der Waals surface area contributed by atoms with Gasteiger partial charge in [-0.25, -0.2) is 8.42 Å². The van der Waals surface area contributed by atoms with Gasteiger partial charge in [0.25, 0.3) is 0 Å². The van der Waals surface area contributed by atoms with Crippen LogP contribution in [0.3, 0.4) is 0 Å². The van der Waals surface area contributed by atoms with E-state index in [0.717, 1.165) is 19.3 Å². The predicted octanol–water partition coefficient (Wildman–Crippen LogP) is 4.06. The van der Waals surface area contributed by atoms with Crippen molar-refractivity contribution >= 4 is 10.0 Å². The molecule has 1 heterocycles. The average molecular weight is 352 g/mol. The molecule has 2 atom stereocenters. The van der Waals surface area contributed by atoms with E-state index in [1.165, 1.54) is 0 Å². The van der Waals surface area contributed by atoms with Crippen molar-refractivity contribution in [3.63, 3.8) is 0 Å². The van der Waals surface area contributed by atoms with Crippen LogP contribution in [0, 0.1) is 10.8 Å². The molecule has 2 unspecified atom stereocenters. The van der Waals surface area contributed by atoms with Crippen molar-refractivity contribution in [2.24, 2.45) is 10.8 Å². The molecule has 2 fully saturated rings. The number of fused-ring (bicyclic) bond motifs is 2. The molecule has 5 heteroatoms. The van der Waals surface area contributed by atoms with Crippen molar-refractivity contribution in [3.05, 3.63) is 24.3 Å². The van der Waals surface area contributed by atoms with Crippen molar-refractivity contribution in [1.29, 1.82) is 0 Å². The van der Waals surface area contributed by atoms with Crippen molar-refractivity contribution in [1.82, 2.24) is 4.31 Å². The van der Waals surface area contributed by atoms with E-state index in [2.05, 4.69) is 20.8 Å². The molecule has 1 aromatic rings. The van der Waals surface area contributed by atoms with E-state index in [1.807, 2.05) is 13.8 Å². The summed E-state index contributed by atoms with van der Waals surface area (Å²) in [6.07, 6.45) is 3.08. The summed E-state index contributed by atoms with van der Waals surface area (Å²) in [5, 5.41) is 0. The van der Waals surface area contributed by atoms with E-state index in [9.17, 15) is 8.42 Å². The maximum Gasteiger partial charge on any atom is 0.243 e. The molecule has 1 aliphatic carbocycles. The second-order valence-corrected chi connectivity index (χ2v) is 10.8. The summed E-state index contributed by atoms with van der Waals surface area (Å²) in [5.41, 5.74) is 0.303. The van der Waals surface area contributed by atoms with Crippen LogP contribution >= 0.6 is 0 Å². The second kappa shape index (κ2) is 5.73. The molecule has 0 spiro atoms. The minimum Gasteiger partial charge on any atom is -0.491 e. The Bertz CT molecular complexity index is 709. The summed E-state index contributed by atoms with van der Waals surface area (Å²) >= 11 is 0. The number of hydrogen-bond donors (Lipinski definition) is 0.